The molecule has 0 radical (unpaired) electrons. The van der Waals surface area contributed by atoms with Gasteiger partial charge in [-0.3, -0.25) is 4.99 Å². The molecule has 2 aliphatic carbocycles. The molecule has 0 aromatic heterocycles. The predicted molar refractivity (Wildman–Crippen MR) is 136 cm³/mol. The fraction of sp³-hybridized carbons (Fsp3) is 0.267. The van der Waals surface area contributed by atoms with Crippen molar-refractivity contribution in [1.29, 1.82) is 5.26 Å². The van der Waals surface area contributed by atoms with Gasteiger partial charge in [0, 0.05) is 49.7 Å². The summed E-state index contributed by atoms with van der Waals surface area (Å²) in [5.41, 5.74) is 10.6. The van der Waals surface area contributed by atoms with E-state index in [-0.39, 0.29) is 11.7 Å². The first-order valence-corrected chi connectivity index (χ1v) is 11.9. The van der Waals surface area contributed by atoms with E-state index in [1.54, 1.807) is 6.07 Å². The highest BCUT2D eigenvalue weighted by atomic mass is 19.1. The molecule has 3 nitrogen and oxygen atoms in total. The highest BCUT2D eigenvalue weighted by molar-refractivity contribution is 5.89. The summed E-state index contributed by atoms with van der Waals surface area (Å²) in [4.78, 5) is 6.77. The van der Waals surface area contributed by atoms with Gasteiger partial charge in [0.05, 0.1) is 17.3 Å². The number of hydrogen-bond donors (Lipinski definition) is 0. The van der Waals surface area contributed by atoms with Gasteiger partial charge in [-0.2, -0.15) is 5.26 Å². The number of anilines is 1. The van der Waals surface area contributed by atoms with E-state index in [1.165, 1.54) is 0 Å². The summed E-state index contributed by atoms with van der Waals surface area (Å²) >= 11 is 0. The van der Waals surface area contributed by atoms with Crippen LogP contribution in [0.5, 0.6) is 0 Å². The van der Waals surface area contributed by atoms with E-state index in [0.717, 1.165) is 81.9 Å². The third-order valence-corrected chi connectivity index (χ3v) is 7.73. The van der Waals surface area contributed by atoms with Gasteiger partial charge in [0.2, 0.25) is 0 Å². The maximum atomic E-state index is 15.9. The second kappa shape index (κ2) is 7.67. The molecule has 0 saturated carbocycles. The molecule has 2 heterocycles. The molecule has 0 amide bonds. The normalized spacial score (nSPS) is 22.1. The average Bonchev–Trinajstić information content (AvgIpc) is 3.52. The lowest BCUT2D eigenvalue weighted by Gasteiger charge is -2.37. The molecule has 0 spiro atoms. The van der Waals surface area contributed by atoms with Crippen molar-refractivity contribution in [2.75, 3.05) is 18.0 Å². The van der Waals surface area contributed by atoms with Crippen LogP contribution in [0.3, 0.4) is 0 Å². The lowest BCUT2D eigenvalue weighted by molar-refractivity contribution is 0.615. The van der Waals surface area contributed by atoms with Crippen molar-refractivity contribution in [2.24, 2.45) is 10.9 Å². The molecule has 4 aliphatic rings. The maximum absolute atomic E-state index is 15.9. The predicted octanol–water partition coefficient (Wildman–Crippen LogP) is 6.45. The van der Waals surface area contributed by atoms with Crippen molar-refractivity contribution in [3.8, 4) is 6.07 Å². The monoisotopic (exact) mass is 447 g/mol. The maximum Gasteiger partial charge on any atom is 0.147 e. The Balaban J connectivity index is 1.52. The molecule has 2 atom stereocenters. The number of benzene rings is 2. The van der Waals surface area contributed by atoms with Gasteiger partial charge in [-0.1, -0.05) is 36.9 Å². The highest BCUT2D eigenvalue weighted by Crippen LogP contribution is 2.51. The lowest BCUT2D eigenvalue weighted by atomic mass is 9.69. The molecule has 4 heteroatoms. The fourth-order valence-corrected chi connectivity index (χ4v) is 6.14. The zero-order chi connectivity index (χ0) is 23.6. The van der Waals surface area contributed by atoms with Gasteiger partial charge in [-0.15, -0.1) is 0 Å². The summed E-state index contributed by atoms with van der Waals surface area (Å²) in [7, 11) is 0. The third-order valence-electron chi connectivity index (χ3n) is 7.73. The second-order valence-corrected chi connectivity index (χ2v) is 9.77. The SMILES string of the molecule is C=C(C)C1=CC2c3cc(C#N)ccc3Cc3c2c(cc(F)c3N2CCC(C3=CCC=N3)C2)C1=C. The minimum Gasteiger partial charge on any atom is -0.368 e. The molecule has 6 rings (SSSR count). The van der Waals surface area contributed by atoms with Crippen molar-refractivity contribution in [3.63, 3.8) is 0 Å². The van der Waals surface area contributed by atoms with Crippen molar-refractivity contribution < 1.29 is 4.39 Å². The van der Waals surface area contributed by atoms with Crippen LogP contribution < -0.4 is 4.90 Å². The number of rotatable bonds is 3. The zero-order valence-electron chi connectivity index (χ0n) is 19.4. The van der Waals surface area contributed by atoms with Gasteiger partial charge in [-0.25, -0.2) is 4.39 Å². The Morgan fingerprint density at radius 3 is 2.88 bits per heavy atom. The number of nitrogens with zero attached hydrogens (tertiary/aromatic N) is 3. The Morgan fingerprint density at radius 2 is 2.15 bits per heavy atom. The molecule has 0 N–H and O–H groups in total. The third kappa shape index (κ3) is 3.04. The first-order chi connectivity index (χ1) is 16.5. The largest absolute Gasteiger partial charge is 0.368 e. The van der Waals surface area contributed by atoms with E-state index in [1.807, 2.05) is 31.3 Å². The van der Waals surface area contributed by atoms with Crippen molar-refractivity contribution in [2.45, 2.75) is 32.1 Å². The van der Waals surface area contributed by atoms with Gasteiger partial charge in [0.1, 0.15) is 5.82 Å². The molecule has 2 aromatic rings. The van der Waals surface area contributed by atoms with Gasteiger partial charge < -0.3 is 4.90 Å². The smallest absolute Gasteiger partial charge is 0.147 e. The summed E-state index contributed by atoms with van der Waals surface area (Å²) in [5.74, 6) is 0.119. The Hall–Kier alpha value is -3.71. The molecular formula is C30H26FN3. The fourth-order valence-electron chi connectivity index (χ4n) is 6.14. The van der Waals surface area contributed by atoms with Crippen LogP contribution in [-0.2, 0) is 6.42 Å². The van der Waals surface area contributed by atoms with E-state index >= 15 is 4.39 Å². The van der Waals surface area contributed by atoms with Crippen LogP contribution in [-0.4, -0.2) is 19.3 Å². The van der Waals surface area contributed by atoms with E-state index < -0.39 is 0 Å². The minimum absolute atomic E-state index is 0.0425. The summed E-state index contributed by atoms with van der Waals surface area (Å²) in [5, 5.41) is 9.52. The Kier molecular flexibility index (Phi) is 4.71. The van der Waals surface area contributed by atoms with E-state index in [9.17, 15) is 5.26 Å². The van der Waals surface area contributed by atoms with E-state index in [0.29, 0.717) is 17.9 Å². The molecular weight excluding hydrogens is 421 g/mol. The standard InChI is InChI=1S/C30H26FN3/c1-17(2)22-13-25-24-11-19(15-32)6-7-20(24)12-26-29(25)23(18(22)3)14-27(31)30(26)34-10-8-21(16-34)28-5-4-9-33-28/h5-7,9,11,13-14,21,25H,1,3-4,8,10,12,16H2,2H3. The van der Waals surface area contributed by atoms with Gasteiger partial charge in [0.15, 0.2) is 0 Å². The summed E-state index contributed by atoms with van der Waals surface area (Å²) in [6, 6.07) is 9.85. The first kappa shape index (κ1) is 20.9. The number of halogens is 1. The number of allylic oxidation sites excluding steroid dienone is 5. The first-order valence-electron chi connectivity index (χ1n) is 11.9. The molecule has 0 bridgehead atoms. The van der Waals surface area contributed by atoms with Crippen molar-refractivity contribution in [3.05, 3.63) is 106 Å². The summed E-state index contributed by atoms with van der Waals surface area (Å²) < 4.78 is 15.9. The highest BCUT2D eigenvalue weighted by Gasteiger charge is 2.37. The van der Waals surface area contributed by atoms with Crippen molar-refractivity contribution >= 4 is 17.5 Å². The number of fused-ring (bicyclic) bond motifs is 2. The Labute approximate surface area is 199 Å². The molecule has 2 unspecified atom stereocenters. The molecule has 34 heavy (non-hydrogen) atoms. The molecule has 1 fully saturated rings. The molecule has 1 saturated heterocycles. The summed E-state index contributed by atoms with van der Waals surface area (Å²) in [6.07, 6.45) is 8.88. The topological polar surface area (TPSA) is 39.4 Å². The zero-order valence-corrected chi connectivity index (χ0v) is 19.4. The van der Waals surface area contributed by atoms with Gasteiger partial charge in [-0.05, 0) is 70.5 Å². The van der Waals surface area contributed by atoms with Crippen LogP contribution >= 0.6 is 0 Å². The van der Waals surface area contributed by atoms with Gasteiger partial charge >= 0.3 is 0 Å². The number of nitriles is 1. The molecule has 2 aliphatic heterocycles. The van der Waals surface area contributed by atoms with Crippen LogP contribution in [0.4, 0.5) is 10.1 Å². The van der Waals surface area contributed by atoms with Crippen LogP contribution in [0.15, 0.2) is 71.4 Å². The van der Waals surface area contributed by atoms with Crippen LogP contribution in [0.1, 0.15) is 59.1 Å². The number of aliphatic imine (C=N–C) groups is 1. The quantitative estimate of drug-likeness (QED) is 0.543. The van der Waals surface area contributed by atoms with Crippen LogP contribution in [0, 0.1) is 23.1 Å². The van der Waals surface area contributed by atoms with E-state index in [2.05, 4.69) is 41.3 Å². The second-order valence-electron chi connectivity index (χ2n) is 9.77. The Bertz CT molecular complexity index is 1420. The average molecular weight is 448 g/mol. The molecule has 168 valence electrons. The minimum atomic E-state index is -0.182. The molecule has 2 aromatic carbocycles. The van der Waals surface area contributed by atoms with Gasteiger partial charge in [0.25, 0.3) is 0 Å². The van der Waals surface area contributed by atoms with E-state index in [4.69, 9.17) is 0 Å². The van der Waals surface area contributed by atoms with Crippen LogP contribution in [0.2, 0.25) is 0 Å². The lowest BCUT2D eigenvalue weighted by Crippen LogP contribution is -2.27. The van der Waals surface area contributed by atoms with Crippen LogP contribution in [0.25, 0.3) is 5.57 Å². The summed E-state index contributed by atoms with van der Waals surface area (Å²) in [6.45, 7) is 12.0. The van der Waals surface area contributed by atoms with Crippen molar-refractivity contribution in [1.82, 2.24) is 0 Å². The number of hydrogen-bond acceptors (Lipinski definition) is 3. The Morgan fingerprint density at radius 1 is 1.29 bits per heavy atom.